The smallest absolute Gasteiger partial charge is 0.0453 e. The van der Waals surface area contributed by atoms with E-state index < -0.39 is 0 Å². The van der Waals surface area contributed by atoms with Gasteiger partial charge in [-0.05, 0) is 45.0 Å². The molecule has 94 valence electrons. The maximum atomic E-state index is 6.22. The third-order valence-corrected chi connectivity index (χ3v) is 3.83. The zero-order valence-corrected chi connectivity index (χ0v) is 11.4. The summed E-state index contributed by atoms with van der Waals surface area (Å²) in [5.41, 5.74) is 1.20. The van der Waals surface area contributed by atoms with Crippen LogP contribution in [0, 0.1) is 0 Å². The van der Waals surface area contributed by atoms with Crippen molar-refractivity contribution in [1.29, 1.82) is 0 Å². The lowest BCUT2D eigenvalue weighted by Crippen LogP contribution is -2.44. The molecule has 2 atom stereocenters. The van der Waals surface area contributed by atoms with E-state index in [0.717, 1.165) is 11.6 Å². The number of piperidine rings is 1. The number of likely N-dealkylation sites (tertiary alicyclic amines) is 1. The Morgan fingerprint density at radius 2 is 2.18 bits per heavy atom. The van der Waals surface area contributed by atoms with Gasteiger partial charge in [-0.2, -0.15) is 0 Å². The number of rotatable bonds is 3. The molecule has 1 fully saturated rings. The van der Waals surface area contributed by atoms with Crippen molar-refractivity contribution in [3.8, 4) is 0 Å². The highest BCUT2D eigenvalue weighted by molar-refractivity contribution is 6.31. The number of hydrogen-bond donors (Lipinski definition) is 1. The summed E-state index contributed by atoms with van der Waals surface area (Å²) >= 11 is 6.22. The summed E-state index contributed by atoms with van der Waals surface area (Å²) in [6, 6.07) is 8.99. The topological polar surface area (TPSA) is 15.3 Å². The summed E-state index contributed by atoms with van der Waals surface area (Å²) in [6.45, 7) is 4.54. The van der Waals surface area contributed by atoms with Gasteiger partial charge in [-0.3, -0.25) is 0 Å². The molecule has 1 saturated heterocycles. The third-order valence-electron chi connectivity index (χ3n) is 3.48. The van der Waals surface area contributed by atoms with Gasteiger partial charge in [0.2, 0.25) is 0 Å². The molecule has 17 heavy (non-hydrogen) atoms. The number of halogens is 1. The molecule has 1 N–H and O–H groups in total. The minimum atomic E-state index is 0.320. The Hall–Kier alpha value is -0.570. The van der Waals surface area contributed by atoms with Crippen LogP contribution in [0.2, 0.25) is 5.02 Å². The maximum Gasteiger partial charge on any atom is 0.0453 e. The van der Waals surface area contributed by atoms with Gasteiger partial charge in [-0.15, -0.1) is 0 Å². The molecular formula is C14H21ClN2. The third kappa shape index (κ3) is 3.44. The van der Waals surface area contributed by atoms with E-state index in [0.29, 0.717) is 12.1 Å². The van der Waals surface area contributed by atoms with Crippen molar-refractivity contribution < 1.29 is 0 Å². The number of benzene rings is 1. The molecule has 1 aromatic rings. The Morgan fingerprint density at radius 1 is 1.41 bits per heavy atom. The Morgan fingerprint density at radius 3 is 2.88 bits per heavy atom. The van der Waals surface area contributed by atoms with Gasteiger partial charge >= 0.3 is 0 Å². The van der Waals surface area contributed by atoms with Crippen LogP contribution in [-0.4, -0.2) is 31.1 Å². The largest absolute Gasteiger partial charge is 0.306 e. The number of likely N-dealkylation sites (N-methyl/N-ethyl adjacent to an activating group) is 1. The van der Waals surface area contributed by atoms with Crippen molar-refractivity contribution in [2.45, 2.75) is 31.8 Å². The predicted molar refractivity (Wildman–Crippen MR) is 73.5 cm³/mol. The minimum absolute atomic E-state index is 0.320. The molecule has 3 heteroatoms. The second-order valence-electron chi connectivity index (χ2n) is 5.01. The monoisotopic (exact) mass is 252 g/mol. The summed E-state index contributed by atoms with van der Waals surface area (Å²) in [6.07, 6.45) is 2.54. The summed E-state index contributed by atoms with van der Waals surface area (Å²) in [4.78, 5) is 2.39. The molecule has 0 amide bonds. The number of nitrogens with zero attached hydrogens (tertiary/aromatic N) is 1. The van der Waals surface area contributed by atoms with E-state index in [1.54, 1.807) is 0 Å². The van der Waals surface area contributed by atoms with E-state index in [1.807, 2.05) is 18.2 Å². The van der Waals surface area contributed by atoms with Crippen molar-refractivity contribution >= 4 is 11.6 Å². The Kier molecular flexibility index (Phi) is 4.43. The molecule has 1 aliphatic rings. The van der Waals surface area contributed by atoms with Crippen LogP contribution in [0.4, 0.5) is 0 Å². The van der Waals surface area contributed by atoms with Crippen LogP contribution in [0.25, 0.3) is 0 Å². The van der Waals surface area contributed by atoms with E-state index >= 15 is 0 Å². The fourth-order valence-electron chi connectivity index (χ4n) is 2.57. The summed E-state index contributed by atoms with van der Waals surface area (Å²) in [5, 5.41) is 4.54. The van der Waals surface area contributed by atoms with Crippen LogP contribution < -0.4 is 5.32 Å². The molecule has 1 unspecified atom stereocenters. The molecule has 0 spiro atoms. The van der Waals surface area contributed by atoms with E-state index in [1.165, 1.54) is 24.9 Å². The van der Waals surface area contributed by atoms with E-state index in [-0.39, 0.29) is 0 Å². The quantitative estimate of drug-likeness (QED) is 0.890. The highest BCUT2D eigenvalue weighted by Gasteiger charge is 2.19. The maximum absolute atomic E-state index is 6.22. The van der Waals surface area contributed by atoms with Crippen LogP contribution >= 0.6 is 11.6 Å². The summed E-state index contributed by atoms with van der Waals surface area (Å²) < 4.78 is 0. The van der Waals surface area contributed by atoms with Crippen LogP contribution in [0.1, 0.15) is 31.4 Å². The first kappa shape index (κ1) is 12.9. The minimum Gasteiger partial charge on any atom is -0.306 e. The van der Waals surface area contributed by atoms with Crippen LogP contribution in [0.15, 0.2) is 24.3 Å². The summed E-state index contributed by atoms with van der Waals surface area (Å²) in [7, 11) is 2.19. The lowest BCUT2D eigenvalue weighted by Gasteiger charge is -2.32. The first-order valence-electron chi connectivity index (χ1n) is 6.36. The average molecular weight is 253 g/mol. The van der Waals surface area contributed by atoms with Gasteiger partial charge in [-0.1, -0.05) is 29.8 Å². The molecule has 0 aliphatic carbocycles. The Bertz CT molecular complexity index is 367. The van der Waals surface area contributed by atoms with Crippen molar-refractivity contribution in [2.24, 2.45) is 0 Å². The normalized spacial score (nSPS) is 23.6. The zero-order chi connectivity index (χ0) is 12.3. The fraction of sp³-hybridized carbons (Fsp3) is 0.571. The van der Waals surface area contributed by atoms with Gasteiger partial charge < -0.3 is 10.2 Å². The van der Waals surface area contributed by atoms with Gasteiger partial charge in [0.25, 0.3) is 0 Å². The highest BCUT2D eigenvalue weighted by Crippen LogP contribution is 2.23. The molecule has 1 heterocycles. The number of nitrogens with one attached hydrogen (secondary N) is 1. The molecule has 0 aromatic heterocycles. The second kappa shape index (κ2) is 5.85. The first-order chi connectivity index (χ1) is 8.16. The Labute approximate surface area is 109 Å². The molecule has 2 nitrogen and oxygen atoms in total. The molecular weight excluding hydrogens is 232 g/mol. The van der Waals surface area contributed by atoms with Crippen molar-refractivity contribution in [2.75, 3.05) is 20.1 Å². The van der Waals surface area contributed by atoms with E-state index in [4.69, 9.17) is 11.6 Å². The second-order valence-corrected chi connectivity index (χ2v) is 5.42. The lowest BCUT2D eigenvalue weighted by molar-refractivity contribution is 0.218. The SMILES string of the molecule is C[C@@H](NC1CCCN(C)C1)c1ccccc1Cl. The predicted octanol–water partition coefficient (Wildman–Crippen LogP) is 3.08. The molecule has 0 radical (unpaired) electrons. The van der Waals surface area contributed by atoms with Crippen molar-refractivity contribution in [3.63, 3.8) is 0 Å². The fourth-order valence-corrected chi connectivity index (χ4v) is 2.87. The van der Waals surface area contributed by atoms with Crippen LogP contribution in [0.3, 0.4) is 0 Å². The molecule has 1 aliphatic heterocycles. The zero-order valence-electron chi connectivity index (χ0n) is 10.6. The average Bonchev–Trinajstić information content (AvgIpc) is 2.29. The first-order valence-corrected chi connectivity index (χ1v) is 6.73. The van der Waals surface area contributed by atoms with Gasteiger partial charge in [0.1, 0.15) is 0 Å². The van der Waals surface area contributed by atoms with Crippen molar-refractivity contribution in [3.05, 3.63) is 34.9 Å². The van der Waals surface area contributed by atoms with Gasteiger partial charge in [0.05, 0.1) is 0 Å². The standard InChI is InChI=1S/C14H21ClN2/c1-11(13-7-3-4-8-14(13)15)16-12-6-5-9-17(2)10-12/h3-4,7-8,11-12,16H,5-6,9-10H2,1-2H3/t11-,12?/m1/s1. The molecule has 1 aromatic carbocycles. The van der Waals surface area contributed by atoms with Crippen LogP contribution in [0.5, 0.6) is 0 Å². The van der Waals surface area contributed by atoms with E-state index in [9.17, 15) is 0 Å². The lowest BCUT2D eigenvalue weighted by atomic mass is 10.0. The van der Waals surface area contributed by atoms with Gasteiger partial charge in [0.15, 0.2) is 0 Å². The van der Waals surface area contributed by atoms with E-state index in [2.05, 4.69) is 30.3 Å². The number of hydrogen-bond acceptors (Lipinski definition) is 2. The van der Waals surface area contributed by atoms with Gasteiger partial charge in [0, 0.05) is 23.7 Å². The molecule has 0 saturated carbocycles. The molecule has 0 bridgehead atoms. The Balaban J connectivity index is 1.97. The van der Waals surface area contributed by atoms with Gasteiger partial charge in [-0.25, -0.2) is 0 Å². The molecule has 2 rings (SSSR count). The summed E-state index contributed by atoms with van der Waals surface area (Å²) in [5.74, 6) is 0. The highest BCUT2D eigenvalue weighted by atomic mass is 35.5. The van der Waals surface area contributed by atoms with Crippen LogP contribution in [-0.2, 0) is 0 Å². The van der Waals surface area contributed by atoms with Crippen molar-refractivity contribution in [1.82, 2.24) is 10.2 Å².